The zero-order valence-corrected chi connectivity index (χ0v) is 8.44. The Morgan fingerprint density at radius 1 is 0.833 bits per heavy atom. The number of hydrogen-bond donors (Lipinski definition) is 1. The molecule has 1 heterocycles. The molecule has 1 rings (SSSR count). The minimum atomic E-state index is 0.940. The monoisotopic (exact) mass is 169 g/mol. The highest BCUT2D eigenvalue weighted by molar-refractivity contribution is 4.59. The third-order valence-electron chi connectivity index (χ3n) is 2.86. The van der Waals surface area contributed by atoms with Gasteiger partial charge in [0.15, 0.2) is 0 Å². The Bertz CT molecular complexity index is 89.2. The molecule has 1 heteroatoms. The molecule has 0 amide bonds. The molecule has 12 heavy (non-hydrogen) atoms. The number of nitrogens with one attached hydrogen (secondary N) is 1. The van der Waals surface area contributed by atoms with E-state index in [0.29, 0.717) is 0 Å². The average Bonchev–Trinajstić information content (AvgIpc) is 2.11. The SMILES string of the molecule is CC1CCCCCCCNCC1. The van der Waals surface area contributed by atoms with Gasteiger partial charge in [0.1, 0.15) is 0 Å². The van der Waals surface area contributed by atoms with Gasteiger partial charge >= 0.3 is 0 Å². The van der Waals surface area contributed by atoms with Crippen molar-refractivity contribution in [1.29, 1.82) is 0 Å². The summed E-state index contributed by atoms with van der Waals surface area (Å²) in [5.41, 5.74) is 0. The summed E-state index contributed by atoms with van der Waals surface area (Å²) in [6.45, 7) is 4.87. The lowest BCUT2D eigenvalue weighted by atomic mass is 10.00. The van der Waals surface area contributed by atoms with Crippen molar-refractivity contribution in [1.82, 2.24) is 5.32 Å². The molecular weight excluding hydrogens is 146 g/mol. The Morgan fingerprint density at radius 2 is 1.58 bits per heavy atom. The van der Waals surface area contributed by atoms with E-state index in [1.807, 2.05) is 0 Å². The van der Waals surface area contributed by atoms with Gasteiger partial charge in [-0.05, 0) is 31.8 Å². The Kier molecular flexibility index (Phi) is 5.42. The van der Waals surface area contributed by atoms with Gasteiger partial charge < -0.3 is 5.32 Å². The van der Waals surface area contributed by atoms with Gasteiger partial charge in [-0.25, -0.2) is 0 Å². The third-order valence-corrected chi connectivity index (χ3v) is 2.86. The molecule has 1 aliphatic heterocycles. The van der Waals surface area contributed by atoms with Crippen LogP contribution in [0.2, 0.25) is 0 Å². The molecule has 1 N–H and O–H groups in total. The van der Waals surface area contributed by atoms with Crippen LogP contribution in [0, 0.1) is 5.92 Å². The predicted molar refractivity (Wildman–Crippen MR) is 54.4 cm³/mol. The Morgan fingerprint density at radius 3 is 2.50 bits per heavy atom. The fourth-order valence-electron chi connectivity index (χ4n) is 1.89. The van der Waals surface area contributed by atoms with E-state index < -0.39 is 0 Å². The standard InChI is InChI=1S/C11H23N/c1-11-7-5-3-2-4-6-9-12-10-8-11/h11-12H,2-10H2,1H3. The fraction of sp³-hybridized carbons (Fsp3) is 1.00. The normalized spacial score (nSPS) is 29.2. The zero-order chi connectivity index (χ0) is 8.65. The summed E-state index contributed by atoms with van der Waals surface area (Å²) < 4.78 is 0. The molecule has 1 unspecified atom stereocenters. The topological polar surface area (TPSA) is 12.0 Å². The Balaban J connectivity index is 2.13. The third kappa shape index (κ3) is 4.76. The first kappa shape index (κ1) is 10.0. The molecular formula is C11H23N. The first-order chi connectivity index (χ1) is 5.89. The quantitative estimate of drug-likeness (QED) is 0.588. The van der Waals surface area contributed by atoms with E-state index in [9.17, 15) is 0 Å². The van der Waals surface area contributed by atoms with Crippen molar-refractivity contribution in [2.45, 2.75) is 51.9 Å². The van der Waals surface area contributed by atoms with Crippen LogP contribution in [0.15, 0.2) is 0 Å². The lowest BCUT2D eigenvalue weighted by Crippen LogP contribution is -2.18. The van der Waals surface area contributed by atoms with Crippen LogP contribution >= 0.6 is 0 Å². The molecule has 1 fully saturated rings. The summed E-state index contributed by atoms with van der Waals surface area (Å²) in [5, 5.41) is 3.51. The maximum atomic E-state index is 3.51. The lowest BCUT2D eigenvalue weighted by Gasteiger charge is -2.09. The molecule has 0 bridgehead atoms. The molecule has 0 saturated carbocycles. The second-order valence-electron chi connectivity index (χ2n) is 4.20. The molecule has 1 nitrogen and oxygen atoms in total. The molecule has 0 aliphatic carbocycles. The summed E-state index contributed by atoms with van der Waals surface area (Å²) >= 11 is 0. The van der Waals surface area contributed by atoms with Gasteiger partial charge in [-0.2, -0.15) is 0 Å². The van der Waals surface area contributed by atoms with Gasteiger partial charge in [0.2, 0.25) is 0 Å². The molecule has 0 aromatic carbocycles. The minimum absolute atomic E-state index is 0.940. The van der Waals surface area contributed by atoms with Gasteiger partial charge in [-0.3, -0.25) is 0 Å². The molecule has 0 aromatic rings. The van der Waals surface area contributed by atoms with E-state index in [2.05, 4.69) is 12.2 Å². The van der Waals surface area contributed by atoms with Crippen LogP contribution in [-0.4, -0.2) is 13.1 Å². The number of rotatable bonds is 0. The van der Waals surface area contributed by atoms with Crippen molar-refractivity contribution < 1.29 is 0 Å². The maximum Gasteiger partial charge on any atom is -0.00464 e. The first-order valence-corrected chi connectivity index (χ1v) is 5.60. The molecule has 1 atom stereocenters. The molecule has 1 saturated heterocycles. The van der Waals surface area contributed by atoms with Crippen molar-refractivity contribution >= 4 is 0 Å². The van der Waals surface area contributed by atoms with Crippen LogP contribution < -0.4 is 5.32 Å². The molecule has 1 aliphatic rings. The van der Waals surface area contributed by atoms with Gasteiger partial charge in [0, 0.05) is 0 Å². The van der Waals surface area contributed by atoms with Crippen molar-refractivity contribution in [3.8, 4) is 0 Å². The summed E-state index contributed by atoms with van der Waals surface area (Å²) in [7, 11) is 0. The maximum absolute atomic E-state index is 3.51. The van der Waals surface area contributed by atoms with E-state index >= 15 is 0 Å². The number of hydrogen-bond acceptors (Lipinski definition) is 1. The van der Waals surface area contributed by atoms with Crippen LogP contribution in [-0.2, 0) is 0 Å². The van der Waals surface area contributed by atoms with Gasteiger partial charge in [-0.1, -0.05) is 39.0 Å². The minimum Gasteiger partial charge on any atom is -0.317 e. The van der Waals surface area contributed by atoms with Gasteiger partial charge in [-0.15, -0.1) is 0 Å². The summed E-state index contributed by atoms with van der Waals surface area (Å²) in [4.78, 5) is 0. The van der Waals surface area contributed by atoms with E-state index in [0.717, 1.165) is 5.92 Å². The lowest BCUT2D eigenvalue weighted by molar-refractivity contribution is 0.456. The first-order valence-electron chi connectivity index (χ1n) is 5.60. The van der Waals surface area contributed by atoms with Crippen molar-refractivity contribution in [3.05, 3.63) is 0 Å². The second kappa shape index (κ2) is 6.47. The highest BCUT2D eigenvalue weighted by Gasteiger charge is 2.02. The van der Waals surface area contributed by atoms with E-state index in [-0.39, 0.29) is 0 Å². The second-order valence-corrected chi connectivity index (χ2v) is 4.20. The molecule has 0 radical (unpaired) electrons. The van der Waals surface area contributed by atoms with Gasteiger partial charge in [0.05, 0.1) is 0 Å². The van der Waals surface area contributed by atoms with Crippen molar-refractivity contribution in [2.75, 3.05) is 13.1 Å². The van der Waals surface area contributed by atoms with Crippen LogP contribution in [0.4, 0.5) is 0 Å². The summed E-state index contributed by atoms with van der Waals surface area (Å²) in [6, 6.07) is 0. The average molecular weight is 169 g/mol. The van der Waals surface area contributed by atoms with Gasteiger partial charge in [0.25, 0.3) is 0 Å². The van der Waals surface area contributed by atoms with E-state index in [1.54, 1.807) is 0 Å². The Hall–Kier alpha value is -0.0400. The fourth-order valence-corrected chi connectivity index (χ4v) is 1.89. The van der Waals surface area contributed by atoms with Crippen LogP contribution in [0.25, 0.3) is 0 Å². The van der Waals surface area contributed by atoms with Crippen LogP contribution in [0.5, 0.6) is 0 Å². The predicted octanol–water partition coefficient (Wildman–Crippen LogP) is 2.96. The summed E-state index contributed by atoms with van der Waals surface area (Å²) in [6.07, 6.45) is 10.0. The molecule has 72 valence electrons. The van der Waals surface area contributed by atoms with E-state index in [1.165, 1.54) is 58.0 Å². The highest BCUT2D eigenvalue weighted by atomic mass is 14.8. The summed E-state index contributed by atoms with van der Waals surface area (Å²) in [5.74, 6) is 0.940. The Labute approximate surface area is 76.9 Å². The highest BCUT2D eigenvalue weighted by Crippen LogP contribution is 2.14. The molecule has 0 aromatic heterocycles. The largest absolute Gasteiger partial charge is 0.317 e. The van der Waals surface area contributed by atoms with Crippen molar-refractivity contribution in [2.24, 2.45) is 5.92 Å². The smallest absolute Gasteiger partial charge is 0.00464 e. The zero-order valence-electron chi connectivity index (χ0n) is 8.44. The molecule has 0 spiro atoms. The van der Waals surface area contributed by atoms with E-state index in [4.69, 9.17) is 0 Å². The van der Waals surface area contributed by atoms with Crippen LogP contribution in [0.1, 0.15) is 51.9 Å². The van der Waals surface area contributed by atoms with Crippen molar-refractivity contribution in [3.63, 3.8) is 0 Å². The van der Waals surface area contributed by atoms with Crippen LogP contribution in [0.3, 0.4) is 0 Å².